The number of rotatable bonds is 4. The van der Waals surface area contributed by atoms with Crippen LogP contribution < -0.4 is 0 Å². The predicted octanol–water partition coefficient (Wildman–Crippen LogP) is 2.06. The van der Waals surface area contributed by atoms with Crippen LogP contribution >= 0.6 is 0 Å². The lowest BCUT2D eigenvalue weighted by molar-refractivity contribution is -0.165. The van der Waals surface area contributed by atoms with Crippen molar-refractivity contribution in [3.8, 4) is 0 Å². The molecule has 0 aliphatic heterocycles. The molecule has 0 aromatic rings. The third-order valence-electron chi connectivity index (χ3n) is 0.917. The van der Waals surface area contributed by atoms with E-state index in [-0.39, 0.29) is 0 Å². The number of alkyl halides is 3. The minimum atomic E-state index is -4.80. The summed E-state index contributed by atoms with van der Waals surface area (Å²) in [6.45, 7) is 2.11. The van der Waals surface area contributed by atoms with Crippen LogP contribution in [0.3, 0.4) is 0 Å². The highest BCUT2D eigenvalue weighted by Crippen LogP contribution is 2.16. The molecule has 0 bridgehead atoms. The van der Waals surface area contributed by atoms with Crippen LogP contribution in [0, 0.1) is 0 Å². The molecule has 0 aliphatic carbocycles. The third kappa shape index (κ3) is 4.76. The van der Waals surface area contributed by atoms with Crippen LogP contribution in [0.5, 0.6) is 0 Å². The summed E-state index contributed by atoms with van der Waals surface area (Å²) >= 11 is 0. The molecule has 5 heteroatoms. The molecule has 0 heterocycles. The fraction of sp³-hybridized carbons (Fsp3) is 0.571. The first-order valence-corrected chi connectivity index (χ1v) is 3.37. The van der Waals surface area contributed by atoms with Crippen molar-refractivity contribution in [3.63, 3.8) is 0 Å². The van der Waals surface area contributed by atoms with Crippen LogP contribution in [-0.4, -0.2) is 18.6 Å². The van der Waals surface area contributed by atoms with Gasteiger partial charge in [-0.15, -0.1) is 0 Å². The Balaban J connectivity index is 3.77. The summed E-state index contributed by atoms with van der Waals surface area (Å²) in [5, 5.41) is 0. The van der Waals surface area contributed by atoms with Gasteiger partial charge in [0.15, 0.2) is 0 Å². The molecule has 0 fully saturated rings. The van der Waals surface area contributed by atoms with Gasteiger partial charge in [-0.3, -0.25) is 4.79 Å². The summed E-state index contributed by atoms with van der Waals surface area (Å²) in [6, 6.07) is 0. The third-order valence-corrected chi connectivity index (χ3v) is 0.917. The average molecular weight is 182 g/mol. The van der Waals surface area contributed by atoms with Crippen molar-refractivity contribution >= 4 is 5.78 Å². The van der Waals surface area contributed by atoms with Crippen molar-refractivity contribution in [1.82, 2.24) is 0 Å². The molecule has 0 saturated heterocycles. The second-order valence-corrected chi connectivity index (χ2v) is 2.04. The highest BCUT2D eigenvalue weighted by molar-refractivity contribution is 5.94. The van der Waals surface area contributed by atoms with Crippen molar-refractivity contribution in [2.24, 2.45) is 0 Å². The van der Waals surface area contributed by atoms with Gasteiger partial charge in [-0.1, -0.05) is 6.92 Å². The largest absolute Gasteiger partial charge is 0.501 e. The molecule has 70 valence electrons. The smallest absolute Gasteiger partial charge is 0.454 e. The highest BCUT2D eigenvalue weighted by atomic mass is 19.4. The molecular formula is C7H9F3O2. The number of halogens is 3. The molecule has 2 nitrogen and oxygen atoms in total. The maximum atomic E-state index is 11.5. The molecule has 0 atom stereocenters. The Bertz CT molecular complexity index is 172. The number of ether oxygens (including phenoxy) is 1. The lowest BCUT2D eigenvalue weighted by atomic mass is 10.4. The lowest BCUT2D eigenvalue weighted by Crippen LogP contribution is -2.19. The molecule has 0 saturated carbocycles. The fourth-order valence-corrected chi connectivity index (χ4v) is 0.390. The van der Waals surface area contributed by atoms with Gasteiger partial charge in [0.1, 0.15) is 0 Å². The van der Waals surface area contributed by atoms with Crippen molar-refractivity contribution < 1.29 is 22.7 Å². The summed E-state index contributed by atoms with van der Waals surface area (Å²) in [5.41, 5.74) is 0. The molecular weight excluding hydrogens is 173 g/mol. The Morgan fingerprint density at radius 1 is 1.50 bits per heavy atom. The second-order valence-electron chi connectivity index (χ2n) is 2.04. The Hall–Kier alpha value is -1.00. The van der Waals surface area contributed by atoms with Crippen molar-refractivity contribution in [2.75, 3.05) is 6.61 Å². The molecule has 0 amide bonds. The summed E-state index contributed by atoms with van der Waals surface area (Å²) in [5.74, 6) is -1.90. The van der Waals surface area contributed by atoms with E-state index in [1.807, 2.05) is 0 Å². The second kappa shape index (κ2) is 4.79. The fourth-order valence-electron chi connectivity index (χ4n) is 0.390. The SMILES string of the molecule is CCCOC=CC(=O)C(F)(F)F. The highest BCUT2D eigenvalue weighted by Gasteiger charge is 2.36. The number of hydrogen-bond donors (Lipinski definition) is 0. The Morgan fingerprint density at radius 3 is 2.50 bits per heavy atom. The van der Waals surface area contributed by atoms with E-state index in [0.717, 1.165) is 6.26 Å². The van der Waals surface area contributed by atoms with Crippen LogP contribution in [0.2, 0.25) is 0 Å². The maximum Gasteiger partial charge on any atom is 0.454 e. The zero-order valence-electron chi connectivity index (χ0n) is 6.52. The van der Waals surface area contributed by atoms with Gasteiger partial charge in [0, 0.05) is 6.08 Å². The molecule has 0 N–H and O–H groups in total. The van der Waals surface area contributed by atoms with E-state index in [1.165, 1.54) is 0 Å². The van der Waals surface area contributed by atoms with Crippen molar-refractivity contribution in [1.29, 1.82) is 0 Å². The first-order valence-electron chi connectivity index (χ1n) is 3.37. The molecule has 0 spiro atoms. The summed E-state index contributed by atoms with van der Waals surface area (Å²) in [4.78, 5) is 10.1. The molecule has 0 radical (unpaired) electrons. The van der Waals surface area contributed by atoms with Gasteiger partial charge in [-0.2, -0.15) is 13.2 Å². The predicted molar refractivity (Wildman–Crippen MR) is 36.4 cm³/mol. The van der Waals surface area contributed by atoms with Crippen molar-refractivity contribution in [2.45, 2.75) is 19.5 Å². The summed E-state index contributed by atoms with van der Waals surface area (Å²) < 4.78 is 39.1. The summed E-state index contributed by atoms with van der Waals surface area (Å²) in [7, 11) is 0. The van der Waals surface area contributed by atoms with Gasteiger partial charge in [0.25, 0.3) is 5.78 Å². The van der Waals surface area contributed by atoms with E-state index >= 15 is 0 Å². The minimum Gasteiger partial charge on any atom is -0.501 e. The van der Waals surface area contributed by atoms with E-state index in [1.54, 1.807) is 6.92 Å². The van der Waals surface area contributed by atoms with Crippen LogP contribution in [0.25, 0.3) is 0 Å². The minimum absolute atomic E-state index is 0.307. The number of allylic oxidation sites excluding steroid dienone is 1. The zero-order chi connectivity index (χ0) is 9.61. The van der Waals surface area contributed by atoms with E-state index < -0.39 is 12.0 Å². The van der Waals surface area contributed by atoms with E-state index in [4.69, 9.17) is 0 Å². The van der Waals surface area contributed by atoms with E-state index in [2.05, 4.69) is 4.74 Å². The Kier molecular flexibility index (Phi) is 4.39. The molecule has 12 heavy (non-hydrogen) atoms. The normalized spacial score (nSPS) is 12.0. The molecule has 0 aromatic heterocycles. The first-order chi connectivity index (χ1) is 5.48. The Labute approximate surface area is 68.0 Å². The van der Waals surface area contributed by atoms with Gasteiger partial charge in [0.2, 0.25) is 0 Å². The number of carbonyl (C=O) groups is 1. The number of carbonyl (C=O) groups excluding carboxylic acids is 1. The zero-order valence-corrected chi connectivity index (χ0v) is 6.52. The quantitative estimate of drug-likeness (QED) is 0.378. The topological polar surface area (TPSA) is 26.3 Å². The van der Waals surface area contributed by atoms with Crippen LogP contribution in [-0.2, 0) is 9.53 Å². The Morgan fingerprint density at radius 2 is 2.08 bits per heavy atom. The number of hydrogen-bond acceptors (Lipinski definition) is 2. The van der Waals surface area contributed by atoms with Gasteiger partial charge in [-0.05, 0) is 6.42 Å². The maximum absolute atomic E-state index is 11.5. The summed E-state index contributed by atoms with van der Waals surface area (Å²) in [6.07, 6.45) is -2.98. The molecule has 0 unspecified atom stereocenters. The van der Waals surface area contributed by atoms with Crippen LogP contribution in [0.15, 0.2) is 12.3 Å². The van der Waals surface area contributed by atoms with Crippen LogP contribution in [0.1, 0.15) is 13.3 Å². The van der Waals surface area contributed by atoms with E-state index in [0.29, 0.717) is 19.1 Å². The first kappa shape index (κ1) is 11.0. The van der Waals surface area contributed by atoms with E-state index in [9.17, 15) is 18.0 Å². The molecule has 0 aliphatic rings. The van der Waals surface area contributed by atoms with Crippen LogP contribution in [0.4, 0.5) is 13.2 Å². The molecule has 0 aromatic carbocycles. The van der Waals surface area contributed by atoms with Crippen molar-refractivity contribution in [3.05, 3.63) is 12.3 Å². The standard InChI is InChI=1S/C7H9F3O2/c1-2-4-12-5-3-6(11)7(8,9)10/h3,5H,2,4H2,1H3. The average Bonchev–Trinajstić information content (AvgIpc) is 1.96. The molecule has 0 rings (SSSR count). The van der Waals surface area contributed by atoms with Gasteiger partial charge >= 0.3 is 6.18 Å². The van der Waals surface area contributed by atoms with Gasteiger partial charge in [-0.25, -0.2) is 0 Å². The monoisotopic (exact) mass is 182 g/mol. The number of ketones is 1. The van der Waals surface area contributed by atoms with Gasteiger partial charge < -0.3 is 4.74 Å². The lowest BCUT2D eigenvalue weighted by Gasteiger charge is -1.99. The van der Waals surface area contributed by atoms with Gasteiger partial charge in [0.05, 0.1) is 12.9 Å².